The zero-order chi connectivity index (χ0) is 17.1. The van der Waals surface area contributed by atoms with Crippen LogP contribution in [-0.4, -0.2) is 55.1 Å². The number of fused-ring (bicyclic) bond motifs is 1. The van der Waals surface area contributed by atoms with Crippen molar-refractivity contribution in [2.75, 3.05) is 44.7 Å². The van der Waals surface area contributed by atoms with E-state index in [1.807, 2.05) is 0 Å². The van der Waals surface area contributed by atoms with E-state index in [9.17, 15) is 0 Å². The Morgan fingerprint density at radius 2 is 1.84 bits per heavy atom. The van der Waals surface area contributed by atoms with E-state index in [4.69, 9.17) is 4.37 Å². The second kappa shape index (κ2) is 8.02. The van der Waals surface area contributed by atoms with E-state index in [1.54, 1.807) is 11.5 Å². The maximum atomic E-state index is 4.72. The molecule has 1 aliphatic carbocycles. The number of rotatable bonds is 5. The fourth-order valence-corrected chi connectivity index (χ4v) is 5.18. The minimum absolute atomic E-state index is 0.771. The van der Waals surface area contributed by atoms with E-state index < -0.39 is 0 Å². The second-order valence-electron chi connectivity index (χ2n) is 7.63. The van der Waals surface area contributed by atoms with Crippen molar-refractivity contribution in [1.29, 1.82) is 0 Å². The lowest BCUT2D eigenvalue weighted by molar-refractivity contribution is 0.212. The van der Waals surface area contributed by atoms with Crippen LogP contribution in [0.1, 0.15) is 32.1 Å². The van der Waals surface area contributed by atoms with Crippen LogP contribution < -0.4 is 10.2 Å². The Labute approximate surface area is 155 Å². The van der Waals surface area contributed by atoms with Gasteiger partial charge in [-0.3, -0.25) is 4.90 Å². The lowest BCUT2D eigenvalue weighted by Gasteiger charge is -2.36. The number of hydrogen-bond donors (Lipinski definition) is 1. The first kappa shape index (κ1) is 17.3. The monoisotopic (exact) mass is 358 g/mol. The topological polar surface area (TPSA) is 31.4 Å². The van der Waals surface area contributed by atoms with Crippen LogP contribution in [0.3, 0.4) is 0 Å². The molecule has 1 saturated carbocycles. The Hall–Kier alpha value is -1.17. The summed E-state index contributed by atoms with van der Waals surface area (Å²) in [7, 11) is 2.11. The van der Waals surface area contributed by atoms with E-state index in [0.717, 1.165) is 25.0 Å². The quantitative estimate of drug-likeness (QED) is 0.885. The maximum absolute atomic E-state index is 4.72. The molecule has 136 valence electrons. The number of nitrogens with zero attached hydrogens (tertiary/aromatic N) is 3. The minimum Gasteiger partial charge on any atom is -0.353 e. The van der Waals surface area contributed by atoms with Gasteiger partial charge in [-0.15, -0.1) is 0 Å². The number of benzene rings is 1. The SMILES string of the molecule is CN[C@H]1CC[C@H](CCN2CCN(c3nsc4ccccc34)CC2)CC1. The Morgan fingerprint density at radius 1 is 1.08 bits per heavy atom. The molecule has 1 N–H and O–H groups in total. The zero-order valence-corrected chi connectivity index (χ0v) is 16.1. The van der Waals surface area contributed by atoms with Crippen LogP contribution in [0.25, 0.3) is 10.1 Å². The Kier molecular flexibility index (Phi) is 5.54. The molecule has 0 unspecified atom stereocenters. The van der Waals surface area contributed by atoms with E-state index in [-0.39, 0.29) is 0 Å². The van der Waals surface area contributed by atoms with Gasteiger partial charge in [-0.25, -0.2) is 0 Å². The van der Waals surface area contributed by atoms with Crippen LogP contribution in [-0.2, 0) is 0 Å². The van der Waals surface area contributed by atoms with Gasteiger partial charge in [0.1, 0.15) is 5.82 Å². The van der Waals surface area contributed by atoms with Gasteiger partial charge in [0.2, 0.25) is 0 Å². The van der Waals surface area contributed by atoms with Crippen molar-refractivity contribution in [1.82, 2.24) is 14.6 Å². The van der Waals surface area contributed by atoms with Crippen molar-refractivity contribution < 1.29 is 0 Å². The van der Waals surface area contributed by atoms with Gasteiger partial charge in [0.05, 0.1) is 4.70 Å². The van der Waals surface area contributed by atoms with Crippen molar-refractivity contribution in [3.05, 3.63) is 24.3 Å². The number of piperazine rings is 1. The molecule has 2 aromatic rings. The molecule has 0 amide bonds. The van der Waals surface area contributed by atoms with Gasteiger partial charge in [0, 0.05) is 37.6 Å². The average molecular weight is 359 g/mol. The molecule has 0 radical (unpaired) electrons. The molecule has 2 aliphatic rings. The molecule has 2 fully saturated rings. The molecule has 25 heavy (non-hydrogen) atoms. The van der Waals surface area contributed by atoms with Gasteiger partial charge in [0.25, 0.3) is 0 Å². The molecule has 1 aromatic carbocycles. The highest BCUT2D eigenvalue weighted by molar-refractivity contribution is 7.13. The third-order valence-electron chi connectivity index (χ3n) is 6.14. The van der Waals surface area contributed by atoms with Crippen LogP contribution in [0.5, 0.6) is 0 Å². The first-order valence-corrected chi connectivity index (χ1v) is 10.6. The normalized spacial score (nSPS) is 25.6. The summed E-state index contributed by atoms with van der Waals surface area (Å²) in [5, 5.41) is 4.76. The average Bonchev–Trinajstić information content (AvgIpc) is 3.11. The van der Waals surface area contributed by atoms with Crippen LogP contribution in [0.15, 0.2) is 24.3 Å². The summed E-state index contributed by atoms with van der Waals surface area (Å²) in [5.41, 5.74) is 0. The molecule has 0 spiro atoms. The summed E-state index contributed by atoms with van der Waals surface area (Å²) in [6, 6.07) is 9.39. The lowest BCUT2D eigenvalue weighted by atomic mass is 9.84. The van der Waals surface area contributed by atoms with E-state index >= 15 is 0 Å². The van der Waals surface area contributed by atoms with Crippen molar-refractivity contribution in [2.24, 2.45) is 5.92 Å². The van der Waals surface area contributed by atoms with E-state index in [1.165, 1.54) is 67.6 Å². The number of nitrogens with one attached hydrogen (secondary N) is 1. The largest absolute Gasteiger partial charge is 0.353 e. The molecule has 1 saturated heterocycles. The standard InChI is InChI=1S/C20H30N4S/c1-21-17-8-6-16(7-9-17)10-11-23-12-14-24(15-13-23)20-18-4-2-3-5-19(18)25-22-20/h2-5,16-17,21H,6-15H2,1H3/t16-,17-. The maximum Gasteiger partial charge on any atom is 0.150 e. The van der Waals surface area contributed by atoms with Crippen molar-refractivity contribution in [2.45, 2.75) is 38.1 Å². The van der Waals surface area contributed by atoms with Crippen LogP contribution in [0.4, 0.5) is 5.82 Å². The smallest absolute Gasteiger partial charge is 0.150 e. The first-order valence-electron chi connectivity index (χ1n) is 9.82. The van der Waals surface area contributed by atoms with Gasteiger partial charge in [-0.05, 0) is 75.3 Å². The third-order valence-corrected chi connectivity index (χ3v) is 6.96. The van der Waals surface area contributed by atoms with Crippen molar-refractivity contribution >= 4 is 27.4 Å². The second-order valence-corrected chi connectivity index (χ2v) is 8.43. The highest BCUT2D eigenvalue weighted by Gasteiger charge is 2.23. The number of anilines is 1. The Morgan fingerprint density at radius 3 is 2.60 bits per heavy atom. The van der Waals surface area contributed by atoms with Crippen molar-refractivity contribution in [3.8, 4) is 0 Å². The fraction of sp³-hybridized carbons (Fsp3) is 0.650. The molecule has 4 rings (SSSR count). The molecule has 5 heteroatoms. The van der Waals surface area contributed by atoms with E-state index in [2.05, 4.69) is 46.4 Å². The summed E-state index contributed by atoms with van der Waals surface area (Å²) in [6.45, 7) is 5.86. The molecule has 2 heterocycles. The zero-order valence-electron chi connectivity index (χ0n) is 15.3. The molecule has 0 atom stereocenters. The highest BCUT2D eigenvalue weighted by atomic mass is 32.1. The lowest BCUT2D eigenvalue weighted by Crippen LogP contribution is -2.47. The summed E-state index contributed by atoms with van der Waals surface area (Å²) in [5.74, 6) is 2.15. The Balaban J connectivity index is 1.25. The van der Waals surface area contributed by atoms with E-state index in [0.29, 0.717) is 0 Å². The van der Waals surface area contributed by atoms with Crippen LogP contribution in [0.2, 0.25) is 0 Å². The molecule has 1 aromatic heterocycles. The Bertz CT molecular complexity index is 669. The molecule has 0 bridgehead atoms. The predicted octanol–water partition coefficient (Wildman–Crippen LogP) is 3.59. The third kappa shape index (κ3) is 3.99. The van der Waals surface area contributed by atoms with Gasteiger partial charge < -0.3 is 10.2 Å². The summed E-state index contributed by atoms with van der Waals surface area (Å²) >= 11 is 1.63. The molecular weight excluding hydrogens is 328 g/mol. The van der Waals surface area contributed by atoms with Crippen LogP contribution >= 0.6 is 11.5 Å². The number of aromatic nitrogens is 1. The first-order chi connectivity index (χ1) is 12.3. The number of hydrogen-bond acceptors (Lipinski definition) is 5. The van der Waals surface area contributed by atoms with Crippen LogP contribution in [0, 0.1) is 5.92 Å². The van der Waals surface area contributed by atoms with Crippen molar-refractivity contribution in [3.63, 3.8) is 0 Å². The predicted molar refractivity (Wildman–Crippen MR) is 108 cm³/mol. The highest BCUT2D eigenvalue weighted by Crippen LogP contribution is 2.30. The fourth-order valence-electron chi connectivity index (χ4n) is 4.39. The molecule has 1 aliphatic heterocycles. The summed E-state index contributed by atoms with van der Waals surface area (Å²) < 4.78 is 6.02. The minimum atomic E-state index is 0.771. The molecule has 4 nitrogen and oxygen atoms in total. The summed E-state index contributed by atoms with van der Waals surface area (Å²) in [4.78, 5) is 5.14. The molecular formula is C20H30N4S. The summed E-state index contributed by atoms with van der Waals surface area (Å²) in [6.07, 6.45) is 6.94. The van der Waals surface area contributed by atoms with Gasteiger partial charge in [0.15, 0.2) is 0 Å². The van der Waals surface area contributed by atoms with Gasteiger partial charge in [-0.2, -0.15) is 4.37 Å². The van der Waals surface area contributed by atoms with Gasteiger partial charge >= 0.3 is 0 Å². The van der Waals surface area contributed by atoms with Gasteiger partial charge in [-0.1, -0.05) is 12.1 Å².